The van der Waals surface area contributed by atoms with Crippen LogP contribution < -0.4 is 4.90 Å². The summed E-state index contributed by atoms with van der Waals surface area (Å²) in [6.07, 6.45) is 10.6. The minimum Gasteiger partial charge on any atom is -0.377 e. The van der Waals surface area contributed by atoms with Gasteiger partial charge in [0.25, 0.3) is 0 Å². The van der Waals surface area contributed by atoms with Gasteiger partial charge in [0.2, 0.25) is 0 Å². The molecule has 0 radical (unpaired) electrons. The Bertz CT molecular complexity index is 1240. The van der Waals surface area contributed by atoms with E-state index in [2.05, 4.69) is 47.9 Å². The zero-order chi connectivity index (χ0) is 26.7. The van der Waals surface area contributed by atoms with Gasteiger partial charge in [-0.2, -0.15) is 0 Å². The summed E-state index contributed by atoms with van der Waals surface area (Å²) >= 11 is 0. The third kappa shape index (κ3) is 4.18. The molecule has 0 amide bonds. The summed E-state index contributed by atoms with van der Waals surface area (Å²) in [7, 11) is 1.68. The topological polar surface area (TPSA) is 49.8 Å². The lowest BCUT2D eigenvalue weighted by Crippen LogP contribution is -2.51. The number of allylic oxidation sites excluding steroid dienone is 4. The zero-order valence-electron chi connectivity index (χ0n) is 23.6. The summed E-state index contributed by atoms with van der Waals surface area (Å²) in [5.74, 6) is 7.99. The minimum atomic E-state index is -1.03. The van der Waals surface area contributed by atoms with Crippen molar-refractivity contribution in [3.63, 3.8) is 0 Å². The predicted octanol–water partition coefficient (Wildman–Crippen LogP) is 6.35. The number of hydrogen-bond donors (Lipinski definition) is 1. The summed E-state index contributed by atoms with van der Waals surface area (Å²) in [5.41, 5.74) is 5.05. The highest BCUT2D eigenvalue weighted by Crippen LogP contribution is 2.66. The highest BCUT2D eigenvalue weighted by Gasteiger charge is 2.62. The maximum absolute atomic E-state index is 12.3. The first-order valence-electron chi connectivity index (χ1n) is 14.8. The van der Waals surface area contributed by atoms with E-state index in [0.717, 1.165) is 45.2 Å². The summed E-state index contributed by atoms with van der Waals surface area (Å²) < 4.78 is 5.58. The average Bonchev–Trinajstić information content (AvgIpc) is 3.54. The maximum Gasteiger partial charge on any atom is 0.156 e. The molecule has 38 heavy (non-hydrogen) atoms. The lowest BCUT2D eigenvalue weighted by atomic mass is 9.51. The highest BCUT2D eigenvalue weighted by atomic mass is 16.5. The minimum absolute atomic E-state index is 0.239. The Morgan fingerprint density at radius 2 is 1.82 bits per heavy atom. The summed E-state index contributed by atoms with van der Waals surface area (Å²) in [6.45, 7) is 8.52. The number of hydrogen-bond acceptors (Lipinski definition) is 4. The van der Waals surface area contributed by atoms with Gasteiger partial charge in [-0.05, 0) is 112 Å². The number of carbonyl (C=O) groups excluding carboxylic acids is 1. The van der Waals surface area contributed by atoms with E-state index in [1.807, 2.05) is 19.9 Å². The maximum atomic E-state index is 12.3. The van der Waals surface area contributed by atoms with Gasteiger partial charge >= 0.3 is 0 Å². The second kappa shape index (κ2) is 9.39. The van der Waals surface area contributed by atoms with Gasteiger partial charge in [0.1, 0.15) is 11.2 Å². The average molecular weight is 514 g/mol. The van der Waals surface area contributed by atoms with Crippen LogP contribution in [0.5, 0.6) is 0 Å². The first-order chi connectivity index (χ1) is 18.1. The van der Waals surface area contributed by atoms with Gasteiger partial charge in [-0.3, -0.25) is 4.79 Å². The molecule has 0 bridgehead atoms. The van der Waals surface area contributed by atoms with Gasteiger partial charge in [0.05, 0.1) is 0 Å². The van der Waals surface area contributed by atoms with Gasteiger partial charge in [-0.15, -0.1) is 0 Å². The molecule has 5 atom stereocenters. The molecule has 202 valence electrons. The Labute approximate surface area is 228 Å². The molecule has 1 aromatic carbocycles. The van der Waals surface area contributed by atoms with Gasteiger partial charge in [0.15, 0.2) is 5.78 Å². The molecule has 0 unspecified atom stereocenters. The zero-order valence-corrected chi connectivity index (χ0v) is 23.6. The molecular formula is C34H43NO3. The van der Waals surface area contributed by atoms with Crippen LogP contribution in [0, 0.1) is 29.1 Å². The van der Waals surface area contributed by atoms with Crippen molar-refractivity contribution in [1.29, 1.82) is 0 Å². The van der Waals surface area contributed by atoms with E-state index in [0.29, 0.717) is 24.7 Å². The fourth-order valence-corrected chi connectivity index (χ4v) is 8.37. The first-order valence-corrected chi connectivity index (χ1v) is 14.8. The third-order valence-electron chi connectivity index (χ3n) is 10.7. The molecule has 4 nitrogen and oxygen atoms in total. The largest absolute Gasteiger partial charge is 0.377 e. The van der Waals surface area contributed by atoms with E-state index in [1.165, 1.54) is 35.2 Å². The number of ketones is 1. The van der Waals surface area contributed by atoms with Gasteiger partial charge in [-0.25, -0.2) is 0 Å². The van der Waals surface area contributed by atoms with Crippen molar-refractivity contribution in [3.05, 3.63) is 52.6 Å². The fraction of sp³-hybridized carbons (Fsp3) is 0.618. The quantitative estimate of drug-likeness (QED) is 0.479. The molecule has 0 aromatic heterocycles. The number of anilines is 1. The Hall–Kier alpha value is -2.35. The molecule has 4 aliphatic carbocycles. The smallest absolute Gasteiger partial charge is 0.156 e. The highest BCUT2D eigenvalue weighted by molar-refractivity contribution is 5.93. The molecule has 0 spiro atoms. The fourth-order valence-electron chi connectivity index (χ4n) is 8.37. The van der Waals surface area contributed by atoms with Crippen molar-refractivity contribution in [2.24, 2.45) is 17.3 Å². The normalized spacial score (nSPS) is 34.8. The summed E-state index contributed by atoms with van der Waals surface area (Å²) in [5, 5.41) is 12.2. The van der Waals surface area contributed by atoms with Crippen molar-refractivity contribution < 1.29 is 14.6 Å². The Kier molecular flexibility index (Phi) is 6.40. The van der Waals surface area contributed by atoms with Gasteiger partial charge in [0, 0.05) is 43.6 Å². The molecule has 4 heteroatoms. The van der Waals surface area contributed by atoms with Crippen LogP contribution in [0.25, 0.3) is 0 Å². The number of nitrogens with zero attached hydrogens (tertiary/aromatic N) is 1. The van der Waals surface area contributed by atoms with Crippen molar-refractivity contribution in [2.45, 2.75) is 95.7 Å². The van der Waals surface area contributed by atoms with E-state index in [-0.39, 0.29) is 17.1 Å². The Morgan fingerprint density at radius 1 is 1.08 bits per heavy atom. The van der Waals surface area contributed by atoms with Crippen molar-refractivity contribution >= 4 is 11.5 Å². The molecule has 1 heterocycles. The second-order valence-electron chi connectivity index (χ2n) is 13.1. The summed E-state index contributed by atoms with van der Waals surface area (Å²) in [4.78, 5) is 14.8. The van der Waals surface area contributed by atoms with E-state index in [1.54, 1.807) is 12.7 Å². The van der Waals surface area contributed by atoms with E-state index in [9.17, 15) is 9.90 Å². The molecule has 3 fully saturated rings. The van der Waals surface area contributed by atoms with E-state index >= 15 is 0 Å². The van der Waals surface area contributed by atoms with Crippen LogP contribution in [-0.2, 0) is 9.53 Å². The Morgan fingerprint density at radius 3 is 2.53 bits per heavy atom. The number of fused-ring (bicyclic) bond motifs is 4. The van der Waals surface area contributed by atoms with E-state index in [4.69, 9.17) is 4.74 Å². The number of methoxy groups -OCH3 is 1. The van der Waals surface area contributed by atoms with Crippen molar-refractivity contribution in [3.8, 4) is 11.8 Å². The molecular weight excluding hydrogens is 470 g/mol. The van der Waals surface area contributed by atoms with Crippen LogP contribution in [0.4, 0.5) is 5.69 Å². The SMILES string of the molecule is COC(C)(C)C#C[C@]1(O)CC[C@H]2[C@@H]3CCC4=CC(=O)CCC4=C3[C@@H](c3ccc(N4CCCC4)cc3)C[C@@]21C. The second-order valence-corrected chi connectivity index (χ2v) is 13.1. The molecule has 6 rings (SSSR count). The molecule has 1 saturated heterocycles. The standard InChI is InChI=1S/C34H43NO3/c1-32(2,38-4)17-18-34(37)16-15-30-28-13-9-24-21-26(36)12-14-27(24)31(28)29(22-33(30,34)3)23-7-10-25(11-8-23)35-19-5-6-20-35/h7-8,10-11,21,28-30,37H,5-6,9,12-16,19-20,22H2,1-4H3/t28-,29+,30-,33-,34+/m0/s1. The molecule has 5 aliphatic rings. The van der Waals surface area contributed by atoms with Crippen LogP contribution >= 0.6 is 0 Å². The number of carbonyl (C=O) groups is 1. The summed E-state index contributed by atoms with van der Waals surface area (Å²) in [6, 6.07) is 9.29. The van der Waals surface area contributed by atoms with Crippen LogP contribution in [-0.4, -0.2) is 42.3 Å². The molecule has 1 aliphatic heterocycles. The number of benzene rings is 1. The van der Waals surface area contributed by atoms with Crippen LogP contribution in [0.3, 0.4) is 0 Å². The monoisotopic (exact) mass is 513 g/mol. The van der Waals surface area contributed by atoms with Crippen LogP contribution in [0.1, 0.15) is 90.0 Å². The predicted molar refractivity (Wildman–Crippen MR) is 152 cm³/mol. The van der Waals surface area contributed by atoms with Gasteiger partial charge < -0.3 is 14.7 Å². The molecule has 2 saturated carbocycles. The van der Waals surface area contributed by atoms with Crippen LogP contribution in [0.15, 0.2) is 47.1 Å². The molecule has 1 aromatic rings. The van der Waals surface area contributed by atoms with Crippen molar-refractivity contribution in [2.75, 3.05) is 25.1 Å². The van der Waals surface area contributed by atoms with Crippen LogP contribution in [0.2, 0.25) is 0 Å². The van der Waals surface area contributed by atoms with E-state index < -0.39 is 11.2 Å². The Balaban J connectivity index is 1.44. The van der Waals surface area contributed by atoms with Gasteiger partial charge in [-0.1, -0.05) is 36.5 Å². The van der Waals surface area contributed by atoms with Crippen molar-refractivity contribution in [1.82, 2.24) is 0 Å². The lowest BCUT2D eigenvalue weighted by Gasteiger charge is -2.53. The number of rotatable bonds is 3. The first kappa shape index (κ1) is 25.9. The number of aliphatic hydroxyl groups is 1. The lowest BCUT2D eigenvalue weighted by molar-refractivity contribution is -0.114. The number of ether oxygens (including phenoxy) is 1. The third-order valence-corrected chi connectivity index (χ3v) is 10.7. The molecule has 1 N–H and O–H groups in total.